The molecule has 0 aliphatic heterocycles. The minimum atomic E-state index is 0.169. The maximum Gasteiger partial charge on any atom is 0.169 e. The lowest BCUT2D eigenvalue weighted by atomic mass is 10.1. The second-order valence-corrected chi connectivity index (χ2v) is 4.26. The van der Waals surface area contributed by atoms with Gasteiger partial charge in [-0.3, -0.25) is 5.10 Å². The number of allylic oxidation sites excluding steroid dienone is 1. The van der Waals surface area contributed by atoms with E-state index in [2.05, 4.69) is 20.8 Å². The average Bonchev–Trinajstić information content (AvgIpc) is 2.78. The molecule has 6 nitrogen and oxygen atoms in total. The van der Waals surface area contributed by atoms with Crippen LogP contribution in [0.5, 0.6) is 0 Å². The van der Waals surface area contributed by atoms with Gasteiger partial charge in [-0.25, -0.2) is 0 Å². The fourth-order valence-corrected chi connectivity index (χ4v) is 1.90. The van der Waals surface area contributed by atoms with Gasteiger partial charge in [-0.1, -0.05) is 6.07 Å². The van der Waals surface area contributed by atoms with E-state index in [1.54, 1.807) is 6.08 Å². The van der Waals surface area contributed by atoms with Crippen LogP contribution in [0.2, 0.25) is 0 Å². The summed E-state index contributed by atoms with van der Waals surface area (Å²) < 4.78 is 0. The van der Waals surface area contributed by atoms with Gasteiger partial charge in [-0.05, 0) is 36.0 Å². The minimum absolute atomic E-state index is 0.169. The molecule has 0 saturated heterocycles. The lowest BCUT2D eigenvalue weighted by Crippen LogP contribution is -2.19. The molecule has 0 fully saturated rings. The highest BCUT2D eigenvalue weighted by atomic mass is 32.1. The molecule has 1 aromatic carbocycles. The van der Waals surface area contributed by atoms with Crippen molar-refractivity contribution >= 4 is 46.0 Å². The van der Waals surface area contributed by atoms with E-state index >= 15 is 0 Å². The van der Waals surface area contributed by atoms with E-state index < -0.39 is 0 Å². The molecular weight excluding hydrogens is 260 g/mol. The molecule has 0 bridgehead atoms. The highest BCUT2D eigenvalue weighted by Crippen LogP contribution is 2.24. The van der Waals surface area contributed by atoms with Crippen molar-refractivity contribution in [3.8, 4) is 0 Å². The molecule has 1 aromatic heterocycles. The molecule has 2 rings (SSSR count). The van der Waals surface area contributed by atoms with Gasteiger partial charge in [0.15, 0.2) is 10.9 Å². The van der Waals surface area contributed by atoms with Crippen LogP contribution >= 0.6 is 12.2 Å². The zero-order chi connectivity index (χ0) is 13.8. The summed E-state index contributed by atoms with van der Waals surface area (Å²) in [6.45, 7) is 0. The van der Waals surface area contributed by atoms with E-state index in [9.17, 15) is 0 Å². The van der Waals surface area contributed by atoms with Gasteiger partial charge in [0.1, 0.15) is 0 Å². The zero-order valence-electron chi connectivity index (χ0n) is 10.3. The number of benzene rings is 1. The number of nitrogens with one attached hydrogen (secondary N) is 4. The van der Waals surface area contributed by atoms with Crippen LogP contribution in [0.15, 0.2) is 24.3 Å². The summed E-state index contributed by atoms with van der Waals surface area (Å²) in [7, 11) is 1.81. The first kappa shape index (κ1) is 13.0. The number of nitrogens with zero attached hydrogens (tertiary/aromatic N) is 1. The number of thiocarbonyl (C=S) groups is 1. The molecule has 0 amide bonds. The fraction of sp³-hybridized carbons (Fsp3) is 0.0833. The largest absolute Gasteiger partial charge is 0.388 e. The highest BCUT2D eigenvalue weighted by molar-refractivity contribution is 7.80. The van der Waals surface area contributed by atoms with Crippen LogP contribution in [-0.2, 0) is 0 Å². The number of rotatable bonds is 4. The number of H-pyrrole nitrogens is 1. The molecule has 0 saturated carbocycles. The molecular formula is C12H14N6S. The molecule has 6 N–H and O–H groups in total. The molecule has 0 radical (unpaired) electrons. The van der Waals surface area contributed by atoms with E-state index in [1.807, 2.05) is 25.2 Å². The van der Waals surface area contributed by atoms with Crippen molar-refractivity contribution in [2.45, 2.75) is 0 Å². The predicted octanol–water partition coefficient (Wildman–Crippen LogP) is 1.43. The first-order chi connectivity index (χ1) is 9.15. The van der Waals surface area contributed by atoms with Crippen molar-refractivity contribution in [3.05, 3.63) is 29.8 Å². The van der Waals surface area contributed by atoms with Crippen molar-refractivity contribution in [1.29, 1.82) is 5.41 Å². The van der Waals surface area contributed by atoms with Crippen LogP contribution in [0.4, 0.5) is 5.82 Å². The van der Waals surface area contributed by atoms with Gasteiger partial charge < -0.3 is 21.8 Å². The van der Waals surface area contributed by atoms with Gasteiger partial charge in [0.25, 0.3) is 0 Å². The minimum Gasteiger partial charge on any atom is -0.388 e. The number of hydrogen-bond acceptors (Lipinski definition) is 4. The number of hydrogen-bond donors (Lipinski definition) is 5. The predicted molar refractivity (Wildman–Crippen MR) is 82.3 cm³/mol. The summed E-state index contributed by atoms with van der Waals surface area (Å²) in [4.78, 5) is 0. The van der Waals surface area contributed by atoms with Gasteiger partial charge in [-0.2, -0.15) is 5.10 Å². The summed E-state index contributed by atoms with van der Waals surface area (Å²) in [6, 6.07) is 5.81. The van der Waals surface area contributed by atoms with Crippen LogP contribution in [0.1, 0.15) is 5.56 Å². The van der Waals surface area contributed by atoms with Crippen molar-refractivity contribution in [1.82, 2.24) is 15.5 Å². The summed E-state index contributed by atoms with van der Waals surface area (Å²) >= 11 is 4.81. The van der Waals surface area contributed by atoms with E-state index in [1.165, 1.54) is 6.21 Å². The molecule has 0 spiro atoms. The third-order valence-corrected chi connectivity index (χ3v) is 2.74. The Labute approximate surface area is 115 Å². The Balaban J connectivity index is 2.51. The van der Waals surface area contributed by atoms with E-state index in [-0.39, 0.29) is 5.11 Å². The molecule has 1 heterocycles. The first-order valence-corrected chi connectivity index (χ1v) is 6.00. The number of anilines is 1. The van der Waals surface area contributed by atoms with Crippen molar-refractivity contribution in [2.75, 3.05) is 12.4 Å². The Kier molecular flexibility index (Phi) is 3.76. The maximum absolute atomic E-state index is 7.15. The second-order valence-electron chi connectivity index (χ2n) is 3.82. The SMILES string of the molecule is CN/C(=C\C=N)c1ccc2[nH]nc(NC(N)=S)c2c1. The van der Waals surface area contributed by atoms with Crippen molar-refractivity contribution < 1.29 is 0 Å². The lowest BCUT2D eigenvalue weighted by molar-refractivity contribution is 1.12. The molecule has 0 aliphatic rings. The molecule has 0 unspecified atom stereocenters. The van der Waals surface area contributed by atoms with Crippen molar-refractivity contribution in [3.63, 3.8) is 0 Å². The topological polar surface area (TPSA) is 103 Å². The number of fused-ring (bicyclic) bond motifs is 1. The Morgan fingerprint density at radius 3 is 2.95 bits per heavy atom. The third-order valence-electron chi connectivity index (χ3n) is 2.63. The number of nitrogens with two attached hydrogens (primary N) is 1. The quantitative estimate of drug-likeness (QED) is 0.429. The van der Waals surface area contributed by atoms with Gasteiger partial charge >= 0.3 is 0 Å². The van der Waals surface area contributed by atoms with Crippen molar-refractivity contribution in [2.24, 2.45) is 5.73 Å². The van der Waals surface area contributed by atoms with Crippen LogP contribution in [0, 0.1) is 5.41 Å². The average molecular weight is 274 g/mol. The van der Waals surface area contributed by atoms with Gasteiger partial charge in [0.2, 0.25) is 0 Å². The van der Waals surface area contributed by atoms with E-state index in [4.69, 9.17) is 23.4 Å². The third kappa shape index (κ3) is 2.71. The fourth-order valence-electron chi connectivity index (χ4n) is 1.80. The standard InChI is InChI=1S/C12H14N6S/c1-15-9(4-5-13)7-2-3-10-8(6-7)11(18-17-10)16-12(14)19/h2-6,13,15H,1H3,(H4,14,16,17,18,19)/b9-4-,13-5?. The zero-order valence-corrected chi connectivity index (χ0v) is 11.1. The number of aromatic amines is 1. The Morgan fingerprint density at radius 1 is 1.53 bits per heavy atom. The molecule has 7 heteroatoms. The molecule has 98 valence electrons. The summed E-state index contributed by atoms with van der Waals surface area (Å²) in [5.41, 5.74) is 8.14. The monoisotopic (exact) mass is 274 g/mol. The van der Waals surface area contributed by atoms with Crippen LogP contribution in [-0.4, -0.2) is 28.6 Å². The lowest BCUT2D eigenvalue weighted by Gasteiger charge is -2.06. The summed E-state index contributed by atoms with van der Waals surface area (Å²) in [5.74, 6) is 0.592. The van der Waals surface area contributed by atoms with Gasteiger partial charge in [0.05, 0.1) is 5.52 Å². The molecule has 0 aliphatic carbocycles. The Hall–Kier alpha value is -2.41. The van der Waals surface area contributed by atoms with Crippen LogP contribution in [0.3, 0.4) is 0 Å². The Morgan fingerprint density at radius 2 is 2.32 bits per heavy atom. The maximum atomic E-state index is 7.15. The number of aromatic nitrogens is 2. The smallest absolute Gasteiger partial charge is 0.169 e. The molecule has 2 aromatic rings. The normalized spacial score (nSPS) is 11.3. The molecule has 0 atom stereocenters. The summed E-state index contributed by atoms with van der Waals surface area (Å²) in [5, 5.41) is 21.1. The highest BCUT2D eigenvalue weighted by Gasteiger charge is 2.08. The Bertz CT molecular complexity index is 657. The van der Waals surface area contributed by atoms with E-state index in [0.717, 1.165) is 22.2 Å². The molecule has 19 heavy (non-hydrogen) atoms. The second kappa shape index (κ2) is 5.49. The van der Waals surface area contributed by atoms with Gasteiger partial charge in [0, 0.05) is 24.3 Å². The van der Waals surface area contributed by atoms with Gasteiger partial charge in [-0.15, -0.1) is 0 Å². The van der Waals surface area contributed by atoms with E-state index in [0.29, 0.717) is 5.82 Å². The summed E-state index contributed by atoms with van der Waals surface area (Å²) in [6.07, 6.45) is 2.92. The van der Waals surface area contributed by atoms with Crippen LogP contribution < -0.4 is 16.4 Å². The first-order valence-electron chi connectivity index (χ1n) is 5.59. The van der Waals surface area contributed by atoms with Crippen LogP contribution in [0.25, 0.3) is 16.6 Å².